The van der Waals surface area contributed by atoms with E-state index in [0.29, 0.717) is 0 Å². The SMILES string of the molecule is COc1ccccc1N=c1scc(-c2cccc(Br)c2)n1CCCn1ccnc1. The smallest absolute Gasteiger partial charge is 0.190 e. The number of aromatic nitrogens is 3. The molecule has 0 aliphatic carbocycles. The molecule has 2 aromatic carbocycles. The zero-order valence-electron chi connectivity index (χ0n) is 16.0. The van der Waals surface area contributed by atoms with Crippen LogP contribution in [0.5, 0.6) is 5.75 Å². The molecule has 5 nitrogen and oxygen atoms in total. The maximum atomic E-state index is 5.48. The number of thiazole rings is 1. The molecular formula is C22H21BrN4OS. The average molecular weight is 469 g/mol. The van der Waals surface area contributed by atoms with Crippen LogP contribution in [0.2, 0.25) is 0 Å². The van der Waals surface area contributed by atoms with Gasteiger partial charge in [0.05, 0.1) is 19.1 Å². The van der Waals surface area contributed by atoms with E-state index in [4.69, 9.17) is 9.73 Å². The predicted octanol–water partition coefficient (Wildman–Crippen LogP) is 5.51. The second kappa shape index (κ2) is 9.24. The van der Waals surface area contributed by atoms with Crippen molar-refractivity contribution in [3.63, 3.8) is 0 Å². The Morgan fingerprint density at radius 3 is 2.83 bits per heavy atom. The van der Waals surface area contributed by atoms with E-state index < -0.39 is 0 Å². The minimum atomic E-state index is 0.773. The highest BCUT2D eigenvalue weighted by Gasteiger charge is 2.10. The van der Waals surface area contributed by atoms with Crippen molar-refractivity contribution in [3.8, 4) is 17.0 Å². The van der Waals surface area contributed by atoms with Crippen LogP contribution in [0.3, 0.4) is 0 Å². The molecule has 29 heavy (non-hydrogen) atoms. The number of benzene rings is 2. The van der Waals surface area contributed by atoms with Gasteiger partial charge in [0.15, 0.2) is 4.80 Å². The Morgan fingerprint density at radius 2 is 2.03 bits per heavy atom. The van der Waals surface area contributed by atoms with E-state index in [-0.39, 0.29) is 0 Å². The fraction of sp³-hybridized carbons (Fsp3) is 0.182. The number of hydrogen-bond donors (Lipinski definition) is 0. The van der Waals surface area contributed by atoms with E-state index in [2.05, 4.69) is 53.6 Å². The van der Waals surface area contributed by atoms with Gasteiger partial charge in [0.25, 0.3) is 0 Å². The van der Waals surface area contributed by atoms with E-state index >= 15 is 0 Å². The number of aryl methyl sites for hydroxylation is 1. The number of ether oxygens (including phenoxy) is 1. The Labute approximate surface area is 182 Å². The molecule has 7 heteroatoms. The monoisotopic (exact) mass is 468 g/mol. The van der Waals surface area contributed by atoms with Crippen LogP contribution in [0.4, 0.5) is 5.69 Å². The second-order valence-electron chi connectivity index (χ2n) is 6.50. The summed E-state index contributed by atoms with van der Waals surface area (Å²) >= 11 is 5.23. The summed E-state index contributed by atoms with van der Waals surface area (Å²) in [6, 6.07) is 16.2. The van der Waals surface area contributed by atoms with Gasteiger partial charge in [0.2, 0.25) is 0 Å². The molecular weight excluding hydrogens is 448 g/mol. The first-order valence-electron chi connectivity index (χ1n) is 9.32. The molecule has 0 radical (unpaired) electrons. The van der Waals surface area contributed by atoms with Gasteiger partial charge in [-0.05, 0) is 30.7 Å². The van der Waals surface area contributed by atoms with Crippen LogP contribution in [-0.4, -0.2) is 21.2 Å². The van der Waals surface area contributed by atoms with Crippen molar-refractivity contribution in [2.24, 2.45) is 4.99 Å². The van der Waals surface area contributed by atoms with Crippen molar-refractivity contribution >= 4 is 33.0 Å². The summed E-state index contributed by atoms with van der Waals surface area (Å²) in [6.07, 6.45) is 6.64. The van der Waals surface area contributed by atoms with E-state index in [1.807, 2.05) is 49.1 Å². The van der Waals surface area contributed by atoms with Crippen molar-refractivity contribution in [2.45, 2.75) is 19.5 Å². The molecule has 0 fully saturated rings. The molecule has 0 atom stereocenters. The van der Waals surface area contributed by atoms with E-state index in [1.54, 1.807) is 18.4 Å². The van der Waals surface area contributed by atoms with Crippen LogP contribution in [0.25, 0.3) is 11.3 Å². The normalized spacial score (nSPS) is 11.7. The van der Waals surface area contributed by atoms with Gasteiger partial charge in [0, 0.05) is 40.9 Å². The summed E-state index contributed by atoms with van der Waals surface area (Å²) in [5.41, 5.74) is 3.16. The molecule has 148 valence electrons. The molecule has 4 aromatic rings. The summed E-state index contributed by atoms with van der Waals surface area (Å²) in [4.78, 5) is 10.0. The van der Waals surface area contributed by atoms with Crippen LogP contribution in [0.15, 0.2) is 82.1 Å². The lowest BCUT2D eigenvalue weighted by Crippen LogP contribution is -2.17. The molecule has 0 bridgehead atoms. The lowest BCUT2D eigenvalue weighted by atomic mass is 10.2. The molecule has 0 spiro atoms. The maximum absolute atomic E-state index is 5.48. The van der Waals surface area contributed by atoms with Crippen molar-refractivity contribution in [3.05, 3.63) is 81.9 Å². The summed E-state index contributed by atoms with van der Waals surface area (Å²) in [5, 5.41) is 2.17. The first-order chi connectivity index (χ1) is 14.2. The summed E-state index contributed by atoms with van der Waals surface area (Å²) in [6.45, 7) is 1.77. The first kappa shape index (κ1) is 19.7. The predicted molar refractivity (Wildman–Crippen MR) is 121 cm³/mol. The third kappa shape index (κ3) is 4.68. The number of para-hydroxylation sites is 2. The summed E-state index contributed by atoms with van der Waals surface area (Å²) < 4.78 is 10.9. The van der Waals surface area contributed by atoms with Crippen molar-refractivity contribution in [2.75, 3.05) is 7.11 Å². The van der Waals surface area contributed by atoms with E-state index in [1.165, 1.54) is 5.56 Å². The lowest BCUT2D eigenvalue weighted by molar-refractivity contribution is 0.416. The molecule has 0 saturated carbocycles. The highest BCUT2D eigenvalue weighted by atomic mass is 79.9. The fourth-order valence-electron chi connectivity index (χ4n) is 3.17. The number of hydrogen-bond acceptors (Lipinski definition) is 4. The average Bonchev–Trinajstić information content (AvgIpc) is 3.39. The lowest BCUT2D eigenvalue weighted by Gasteiger charge is -2.10. The Balaban J connectivity index is 1.73. The molecule has 0 amide bonds. The fourth-order valence-corrected chi connectivity index (χ4v) is 4.52. The van der Waals surface area contributed by atoms with Gasteiger partial charge < -0.3 is 13.9 Å². The molecule has 0 aliphatic rings. The summed E-state index contributed by atoms with van der Waals surface area (Å²) in [5.74, 6) is 0.773. The maximum Gasteiger partial charge on any atom is 0.190 e. The largest absolute Gasteiger partial charge is 0.494 e. The van der Waals surface area contributed by atoms with Crippen LogP contribution >= 0.6 is 27.3 Å². The van der Waals surface area contributed by atoms with Gasteiger partial charge in [0.1, 0.15) is 11.4 Å². The Morgan fingerprint density at radius 1 is 1.14 bits per heavy atom. The van der Waals surface area contributed by atoms with Crippen molar-refractivity contribution < 1.29 is 4.74 Å². The zero-order valence-corrected chi connectivity index (χ0v) is 18.4. The van der Waals surface area contributed by atoms with Crippen molar-refractivity contribution in [1.82, 2.24) is 14.1 Å². The molecule has 0 aliphatic heterocycles. The topological polar surface area (TPSA) is 44.3 Å². The standard InChI is InChI=1S/C22H21BrN4OS/c1-28-21-9-3-2-8-19(21)25-22-27(12-5-11-26-13-10-24-16-26)20(15-29-22)17-6-4-7-18(23)14-17/h2-4,6-10,13-16H,5,11-12H2,1H3. The van der Waals surface area contributed by atoms with Crippen LogP contribution in [0.1, 0.15) is 6.42 Å². The minimum absolute atomic E-state index is 0.773. The van der Waals surface area contributed by atoms with Gasteiger partial charge in [-0.25, -0.2) is 9.98 Å². The summed E-state index contributed by atoms with van der Waals surface area (Å²) in [7, 11) is 1.68. The molecule has 2 aromatic heterocycles. The second-order valence-corrected chi connectivity index (χ2v) is 8.26. The molecule has 0 saturated heterocycles. The highest BCUT2D eigenvalue weighted by Crippen LogP contribution is 2.27. The van der Waals surface area contributed by atoms with Gasteiger partial charge in [-0.15, -0.1) is 11.3 Å². The Bertz CT molecular complexity index is 1150. The minimum Gasteiger partial charge on any atom is -0.494 e. The number of rotatable bonds is 7. The third-order valence-electron chi connectivity index (χ3n) is 4.58. The quantitative estimate of drug-likeness (QED) is 0.359. The van der Waals surface area contributed by atoms with Gasteiger partial charge in [-0.1, -0.05) is 40.2 Å². The molecule has 4 rings (SSSR count). The zero-order chi connectivity index (χ0) is 20.1. The van der Waals surface area contributed by atoms with Crippen molar-refractivity contribution in [1.29, 1.82) is 0 Å². The first-order valence-corrected chi connectivity index (χ1v) is 11.0. The van der Waals surface area contributed by atoms with E-state index in [0.717, 1.165) is 45.9 Å². The number of nitrogens with zero attached hydrogens (tertiary/aromatic N) is 4. The van der Waals surface area contributed by atoms with Crippen LogP contribution < -0.4 is 9.54 Å². The van der Waals surface area contributed by atoms with Crippen LogP contribution in [0, 0.1) is 0 Å². The Kier molecular flexibility index (Phi) is 6.27. The van der Waals surface area contributed by atoms with Gasteiger partial charge in [-0.2, -0.15) is 0 Å². The van der Waals surface area contributed by atoms with Crippen LogP contribution in [-0.2, 0) is 13.1 Å². The highest BCUT2D eigenvalue weighted by molar-refractivity contribution is 9.10. The van der Waals surface area contributed by atoms with Gasteiger partial charge >= 0.3 is 0 Å². The number of imidazole rings is 1. The molecule has 0 unspecified atom stereocenters. The Hall–Kier alpha value is -2.64. The van der Waals surface area contributed by atoms with E-state index in [9.17, 15) is 0 Å². The van der Waals surface area contributed by atoms with Gasteiger partial charge in [-0.3, -0.25) is 0 Å². The number of halogens is 1. The number of methoxy groups -OCH3 is 1. The third-order valence-corrected chi connectivity index (χ3v) is 5.93. The molecule has 2 heterocycles. The molecule has 0 N–H and O–H groups in total.